The number of aromatic nitrogens is 3. The largest absolute Gasteiger partial charge is 2.00 e. The number of para-hydroxylation sites is 1. The summed E-state index contributed by atoms with van der Waals surface area (Å²) < 4.78 is 8.57. The molecule has 0 spiro atoms. The van der Waals surface area contributed by atoms with Crippen LogP contribution in [0.3, 0.4) is 0 Å². The molecule has 10 rings (SSSR count). The fourth-order valence-corrected chi connectivity index (χ4v) is 7.22. The van der Waals surface area contributed by atoms with Crippen LogP contribution in [0.25, 0.3) is 83.0 Å². The molecular weight excluding hydrogens is 782 g/mol. The maximum atomic E-state index is 6.44. The van der Waals surface area contributed by atoms with Crippen LogP contribution in [0.1, 0.15) is 0 Å². The molecule has 0 fully saturated rings. The van der Waals surface area contributed by atoms with Crippen molar-refractivity contribution in [2.45, 2.75) is 0 Å². The zero-order chi connectivity index (χ0) is 31.6. The average molecular weight is 807 g/mol. The van der Waals surface area contributed by atoms with Crippen LogP contribution in [0.2, 0.25) is 0 Å². The van der Waals surface area contributed by atoms with E-state index in [1.807, 2.05) is 60.9 Å². The predicted molar refractivity (Wildman–Crippen MR) is 193 cm³/mol. The number of fused-ring (bicyclic) bond motifs is 8. The molecule has 1 aliphatic carbocycles. The molecule has 0 radical (unpaired) electrons. The van der Waals surface area contributed by atoms with Gasteiger partial charge in [0.05, 0.1) is 0 Å². The Hall–Kier alpha value is -5.83. The van der Waals surface area contributed by atoms with Crippen molar-refractivity contribution in [3.8, 4) is 62.0 Å². The number of rotatable bonds is 4. The van der Waals surface area contributed by atoms with E-state index < -0.39 is 0 Å². The Balaban J connectivity index is 0.00000325. The zero-order valence-electron chi connectivity index (χ0n) is 26.0. The average Bonchev–Trinajstić information content (AvgIpc) is 3.42. The molecule has 0 bridgehead atoms. The molecule has 3 heterocycles. The van der Waals surface area contributed by atoms with Gasteiger partial charge in [-0.15, -0.1) is 41.3 Å². The summed E-state index contributed by atoms with van der Waals surface area (Å²) in [5.74, 6) is 2.03. The first-order chi connectivity index (χ1) is 23.8. The number of ether oxygens (including phenoxy) is 1. The molecule has 0 aliphatic heterocycles. The molecule has 0 atom stereocenters. The molecule has 0 amide bonds. The Morgan fingerprint density at radius 3 is 2.08 bits per heavy atom. The van der Waals surface area contributed by atoms with Crippen molar-refractivity contribution in [1.82, 2.24) is 14.5 Å². The van der Waals surface area contributed by atoms with Gasteiger partial charge in [0.2, 0.25) is 0 Å². The molecule has 49 heavy (non-hydrogen) atoms. The van der Waals surface area contributed by atoms with Gasteiger partial charge in [0.1, 0.15) is 5.82 Å². The van der Waals surface area contributed by atoms with Gasteiger partial charge in [-0.2, -0.15) is 6.07 Å². The van der Waals surface area contributed by atoms with E-state index in [0.717, 1.165) is 50.0 Å². The van der Waals surface area contributed by atoms with Crippen LogP contribution in [-0.4, -0.2) is 14.5 Å². The van der Waals surface area contributed by atoms with Crippen molar-refractivity contribution in [3.63, 3.8) is 0 Å². The normalized spacial score (nSPS) is 11.5. The summed E-state index contributed by atoms with van der Waals surface area (Å²) in [5.41, 5.74) is 10.8. The molecule has 5 heteroatoms. The molecule has 9 aromatic rings. The molecule has 1 aliphatic rings. The van der Waals surface area contributed by atoms with E-state index in [2.05, 4.69) is 113 Å². The summed E-state index contributed by atoms with van der Waals surface area (Å²) in [6, 6.07) is 55.3. The number of hydrogen-bond acceptors (Lipinski definition) is 3. The topological polar surface area (TPSA) is 39.9 Å². The minimum absolute atomic E-state index is 0. The van der Waals surface area contributed by atoms with Crippen molar-refractivity contribution in [2.75, 3.05) is 0 Å². The molecule has 4 nitrogen and oxygen atoms in total. The van der Waals surface area contributed by atoms with Crippen LogP contribution in [0.15, 0.2) is 152 Å². The molecule has 3 aromatic heterocycles. The van der Waals surface area contributed by atoms with Gasteiger partial charge in [-0.3, -0.25) is 0 Å². The van der Waals surface area contributed by atoms with E-state index in [-0.39, 0.29) is 21.1 Å². The van der Waals surface area contributed by atoms with Crippen molar-refractivity contribution < 1.29 is 25.8 Å². The van der Waals surface area contributed by atoms with Crippen LogP contribution in [-0.2, 0) is 21.1 Å². The summed E-state index contributed by atoms with van der Waals surface area (Å²) in [6.07, 6.45) is 3.82. The fourth-order valence-electron chi connectivity index (χ4n) is 7.22. The Morgan fingerprint density at radius 1 is 0.531 bits per heavy atom. The predicted octanol–water partition coefficient (Wildman–Crippen LogP) is 11.1. The summed E-state index contributed by atoms with van der Waals surface area (Å²) in [4.78, 5) is 9.63. The summed E-state index contributed by atoms with van der Waals surface area (Å²) >= 11 is 0. The second kappa shape index (κ2) is 11.7. The van der Waals surface area contributed by atoms with E-state index >= 15 is 0 Å². The van der Waals surface area contributed by atoms with E-state index in [4.69, 9.17) is 9.72 Å². The monoisotopic (exact) mass is 806 g/mol. The van der Waals surface area contributed by atoms with Gasteiger partial charge in [-0.1, -0.05) is 103 Å². The fraction of sp³-hybridized carbons (Fsp3) is 0. The Kier molecular flexibility index (Phi) is 7.00. The second-order valence-corrected chi connectivity index (χ2v) is 12.0. The zero-order valence-corrected chi connectivity index (χ0v) is 28.3. The molecule has 0 N–H and O–H groups in total. The van der Waals surface area contributed by atoms with Gasteiger partial charge in [-0.05, 0) is 67.9 Å². The summed E-state index contributed by atoms with van der Waals surface area (Å²) in [6.45, 7) is 0. The molecular formula is C44H25N3OPt. The van der Waals surface area contributed by atoms with Gasteiger partial charge in [0.15, 0.2) is 0 Å². The first-order valence-corrected chi connectivity index (χ1v) is 16.0. The Bertz CT molecular complexity index is 2710. The third-order valence-electron chi connectivity index (χ3n) is 9.31. The van der Waals surface area contributed by atoms with E-state index in [1.165, 1.54) is 33.0 Å². The standard InChI is InChI=1S/C44H25N3O.Pt/c1-2-15-33-32(14-1)36-17-8-10-28-11-9-18-37(44(28)36)38-26-40(46-27-39(33)38)29-12-7-13-30(24-29)48-31-21-22-35-34-16-3-4-19-41(34)47(42(35)25-31)43-20-5-6-23-45-43;/h1-23,26-27H;/q-2;+2. The molecule has 0 saturated heterocycles. The Morgan fingerprint density at radius 2 is 1.24 bits per heavy atom. The van der Waals surface area contributed by atoms with Gasteiger partial charge >= 0.3 is 21.1 Å². The Labute approximate surface area is 297 Å². The molecule has 0 unspecified atom stereocenters. The molecule has 0 saturated carbocycles. The smallest absolute Gasteiger partial charge is 0.503 e. The quantitative estimate of drug-likeness (QED) is 0.166. The minimum atomic E-state index is 0. The van der Waals surface area contributed by atoms with Crippen molar-refractivity contribution >= 4 is 32.6 Å². The van der Waals surface area contributed by atoms with E-state index in [9.17, 15) is 0 Å². The third kappa shape index (κ3) is 4.71. The van der Waals surface area contributed by atoms with Gasteiger partial charge in [-0.25, -0.2) is 4.98 Å². The first kappa shape index (κ1) is 29.3. The van der Waals surface area contributed by atoms with Crippen LogP contribution in [0.5, 0.6) is 11.5 Å². The van der Waals surface area contributed by atoms with Crippen LogP contribution in [0.4, 0.5) is 0 Å². The molecule has 6 aromatic carbocycles. The van der Waals surface area contributed by atoms with Crippen molar-refractivity contribution in [1.29, 1.82) is 0 Å². The third-order valence-corrected chi connectivity index (χ3v) is 9.31. The van der Waals surface area contributed by atoms with Crippen molar-refractivity contribution in [3.05, 3.63) is 164 Å². The van der Waals surface area contributed by atoms with E-state index in [0.29, 0.717) is 11.5 Å². The number of benzene rings is 6. The molecule has 232 valence electrons. The van der Waals surface area contributed by atoms with Crippen LogP contribution >= 0.6 is 0 Å². The minimum Gasteiger partial charge on any atom is -0.503 e. The van der Waals surface area contributed by atoms with Gasteiger partial charge in [0, 0.05) is 35.0 Å². The number of nitrogens with zero attached hydrogens (tertiary/aromatic N) is 3. The first-order valence-electron chi connectivity index (χ1n) is 16.0. The van der Waals surface area contributed by atoms with Gasteiger partial charge in [0.25, 0.3) is 0 Å². The summed E-state index contributed by atoms with van der Waals surface area (Å²) in [5, 5.41) is 4.72. The van der Waals surface area contributed by atoms with Gasteiger partial charge < -0.3 is 14.3 Å². The maximum Gasteiger partial charge on any atom is 2.00 e. The van der Waals surface area contributed by atoms with Crippen LogP contribution in [0, 0.1) is 12.1 Å². The maximum absolute atomic E-state index is 6.44. The summed E-state index contributed by atoms with van der Waals surface area (Å²) in [7, 11) is 0. The van der Waals surface area contributed by atoms with Crippen LogP contribution < -0.4 is 4.74 Å². The van der Waals surface area contributed by atoms with E-state index in [1.54, 1.807) is 0 Å². The van der Waals surface area contributed by atoms with Crippen molar-refractivity contribution in [2.24, 2.45) is 0 Å². The number of hydrogen-bond donors (Lipinski definition) is 0. The second-order valence-electron chi connectivity index (χ2n) is 12.0. The number of pyridine rings is 2. The SMILES string of the molecule is [Pt+2].[c-]1c(Oc2[c-]c3c(cc2)c2ccccc2n3-c2ccccn2)cccc1-c1cc2c(cn1)-c1ccccc1-c1cccc3cccc-2c13.